The lowest BCUT2D eigenvalue weighted by atomic mass is 9.83. The lowest BCUT2D eigenvalue weighted by Gasteiger charge is -2.26. The second kappa shape index (κ2) is 7.02. The van der Waals surface area contributed by atoms with Crippen molar-refractivity contribution < 1.29 is 4.74 Å². The molecule has 0 heterocycles. The van der Waals surface area contributed by atoms with Gasteiger partial charge in [0.2, 0.25) is 0 Å². The highest BCUT2D eigenvalue weighted by atomic mass is 16.5. The second-order valence-corrected chi connectivity index (χ2v) is 6.82. The summed E-state index contributed by atoms with van der Waals surface area (Å²) in [6.45, 7) is 11.9. The Hall–Kier alpha value is -1.44. The van der Waals surface area contributed by atoms with Crippen LogP contribution in [0.1, 0.15) is 46.1 Å². The first-order valence-electron chi connectivity index (χ1n) is 8.12. The molecule has 0 aliphatic heterocycles. The molecular weight excluding hydrogens is 258 g/mol. The van der Waals surface area contributed by atoms with Gasteiger partial charge in [-0.25, -0.2) is 0 Å². The van der Waals surface area contributed by atoms with Crippen LogP contribution in [0.15, 0.2) is 29.8 Å². The standard InChI is InChI=1S/C19H29NO/c1-13(2)21-18-6-7-19(16(5)11-18)20-12-17-9-14(3)8-15(4)10-17/h6-8,11,13-14,17,20H,9-10,12H2,1-5H3. The van der Waals surface area contributed by atoms with Crippen molar-refractivity contribution in [1.82, 2.24) is 0 Å². The number of hydrogen-bond donors (Lipinski definition) is 1. The molecule has 1 N–H and O–H groups in total. The predicted molar refractivity (Wildman–Crippen MR) is 91.1 cm³/mol. The van der Waals surface area contributed by atoms with Gasteiger partial charge in [-0.1, -0.05) is 18.6 Å². The van der Waals surface area contributed by atoms with E-state index in [1.165, 1.54) is 29.7 Å². The van der Waals surface area contributed by atoms with Crippen molar-refractivity contribution in [3.05, 3.63) is 35.4 Å². The van der Waals surface area contributed by atoms with Gasteiger partial charge in [0, 0.05) is 12.2 Å². The molecule has 0 saturated heterocycles. The van der Waals surface area contributed by atoms with E-state index in [0.29, 0.717) is 5.92 Å². The molecule has 0 saturated carbocycles. The van der Waals surface area contributed by atoms with Crippen LogP contribution in [0.3, 0.4) is 0 Å². The van der Waals surface area contributed by atoms with Gasteiger partial charge < -0.3 is 10.1 Å². The largest absolute Gasteiger partial charge is 0.491 e. The van der Waals surface area contributed by atoms with E-state index in [1.54, 1.807) is 0 Å². The maximum Gasteiger partial charge on any atom is 0.120 e. The van der Waals surface area contributed by atoms with Crippen LogP contribution in [0.5, 0.6) is 5.75 Å². The van der Waals surface area contributed by atoms with Gasteiger partial charge in [-0.2, -0.15) is 0 Å². The van der Waals surface area contributed by atoms with Crippen LogP contribution < -0.4 is 10.1 Å². The highest BCUT2D eigenvalue weighted by Gasteiger charge is 2.18. The number of allylic oxidation sites excluding steroid dienone is 2. The Morgan fingerprint density at radius 3 is 2.67 bits per heavy atom. The van der Waals surface area contributed by atoms with Crippen molar-refractivity contribution in [2.75, 3.05) is 11.9 Å². The van der Waals surface area contributed by atoms with Crippen LogP contribution in [-0.2, 0) is 0 Å². The molecule has 1 aromatic rings. The van der Waals surface area contributed by atoms with Gasteiger partial charge in [-0.15, -0.1) is 0 Å². The molecule has 1 aromatic carbocycles. The Labute approximate surface area is 129 Å². The molecule has 21 heavy (non-hydrogen) atoms. The van der Waals surface area contributed by atoms with Crippen molar-refractivity contribution in [2.45, 2.75) is 53.6 Å². The monoisotopic (exact) mass is 287 g/mol. The van der Waals surface area contributed by atoms with E-state index in [9.17, 15) is 0 Å². The molecule has 0 amide bonds. The maximum atomic E-state index is 5.74. The van der Waals surface area contributed by atoms with Crippen LogP contribution >= 0.6 is 0 Å². The first kappa shape index (κ1) is 15.9. The Kier molecular flexibility index (Phi) is 5.33. The average Bonchev–Trinajstić information content (AvgIpc) is 2.36. The summed E-state index contributed by atoms with van der Waals surface area (Å²) in [5.74, 6) is 2.42. The first-order valence-corrected chi connectivity index (χ1v) is 8.12. The molecule has 2 unspecified atom stereocenters. The van der Waals surface area contributed by atoms with Crippen LogP contribution in [0.4, 0.5) is 5.69 Å². The summed E-state index contributed by atoms with van der Waals surface area (Å²) in [6, 6.07) is 6.32. The summed E-state index contributed by atoms with van der Waals surface area (Å²) >= 11 is 0. The zero-order chi connectivity index (χ0) is 15.4. The van der Waals surface area contributed by atoms with E-state index in [-0.39, 0.29) is 6.10 Å². The van der Waals surface area contributed by atoms with Crippen molar-refractivity contribution in [3.8, 4) is 5.75 Å². The predicted octanol–water partition coefficient (Wildman–Crippen LogP) is 5.19. The summed E-state index contributed by atoms with van der Waals surface area (Å²) in [5, 5.41) is 3.62. The van der Waals surface area contributed by atoms with Crippen molar-refractivity contribution in [1.29, 1.82) is 0 Å². The van der Waals surface area contributed by atoms with E-state index >= 15 is 0 Å². The Bertz CT molecular complexity index is 504. The van der Waals surface area contributed by atoms with Gasteiger partial charge in [0.05, 0.1) is 6.10 Å². The van der Waals surface area contributed by atoms with Crippen molar-refractivity contribution in [2.24, 2.45) is 11.8 Å². The Morgan fingerprint density at radius 2 is 2.05 bits per heavy atom. The number of anilines is 1. The van der Waals surface area contributed by atoms with Gasteiger partial charge in [0.1, 0.15) is 5.75 Å². The van der Waals surface area contributed by atoms with Crippen LogP contribution in [0.2, 0.25) is 0 Å². The SMILES string of the molecule is CC1=CC(C)CC(CNc2ccc(OC(C)C)cc2C)C1. The molecule has 116 valence electrons. The average molecular weight is 287 g/mol. The maximum absolute atomic E-state index is 5.74. The van der Waals surface area contributed by atoms with E-state index < -0.39 is 0 Å². The summed E-state index contributed by atoms with van der Waals surface area (Å²) < 4.78 is 5.74. The second-order valence-electron chi connectivity index (χ2n) is 6.82. The van der Waals surface area contributed by atoms with E-state index in [2.05, 4.69) is 64.2 Å². The molecule has 0 fully saturated rings. The summed E-state index contributed by atoms with van der Waals surface area (Å²) in [7, 11) is 0. The summed E-state index contributed by atoms with van der Waals surface area (Å²) in [6.07, 6.45) is 5.16. The van der Waals surface area contributed by atoms with Gasteiger partial charge in [0.25, 0.3) is 0 Å². The summed E-state index contributed by atoms with van der Waals surface area (Å²) in [5.41, 5.74) is 4.02. The van der Waals surface area contributed by atoms with E-state index in [1.807, 2.05) is 0 Å². The van der Waals surface area contributed by atoms with Gasteiger partial charge in [-0.3, -0.25) is 0 Å². The third kappa shape index (κ3) is 4.80. The fourth-order valence-electron chi connectivity index (χ4n) is 3.28. The number of nitrogens with one attached hydrogen (secondary N) is 1. The van der Waals surface area contributed by atoms with Crippen molar-refractivity contribution in [3.63, 3.8) is 0 Å². The molecule has 1 aliphatic rings. The number of ether oxygens (including phenoxy) is 1. The molecular formula is C19H29NO. The van der Waals surface area contributed by atoms with Crippen LogP contribution in [-0.4, -0.2) is 12.6 Å². The molecule has 0 bridgehead atoms. The quantitative estimate of drug-likeness (QED) is 0.753. The first-order chi connectivity index (χ1) is 9.94. The fourth-order valence-corrected chi connectivity index (χ4v) is 3.28. The third-order valence-corrected chi connectivity index (χ3v) is 4.04. The third-order valence-electron chi connectivity index (χ3n) is 4.04. The van der Waals surface area contributed by atoms with Gasteiger partial charge in [0.15, 0.2) is 0 Å². The van der Waals surface area contributed by atoms with E-state index in [4.69, 9.17) is 4.74 Å². The highest BCUT2D eigenvalue weighted by Crippen LogP contribution is 2.29. The zero-order valence-corrected chi connectivity index (χ0v) is 14.1. The molecule has 0 aromatic heterocycles. The molecule has 2 heteroatoms. The van der Waals surface area contributed by atoms with Crippen LogP contribution in [0, 0.1) is 18.8 Å². The lowest BCUT2D eigenvalue weighted by molar-refractivity contribution is 0.242. The molecule has 1 aliphatic carbocycles. The zero-order valence-electron chi connectivity index (χ0n) is 14.1. The smallest absolute Gasteiger partial charge is 0.120 e. The highest BCUT2D eigenvalue weighted by molar-refractivity contribution is 5.53. The topological polar surface area (TPSA) is 21.3 Å². The number of hydrogen-bond acceptors (Lipinski definition) is 2. The molecule has 2 nitrogen and oxygen atoms in total. The minimum Gasteiger partial charge on any atom is -0.491 e. The van der Waals surface area contributed by atoms with E-state index in [0.717, 1.165) is 18.2 Å². The Balaban J connectivity index is 1.93. The van der Waals surface area contributed by atoms with Gasteiger partial charge >= 0.3 is 0 Å². The van der Waals surface area contributed by atoms with Gasteiger partial charge in [-0.05, 0) is 76.1 Å². The fraction of sp³-hybridized carbons (Fsp3) is 0.579. The lowest BCUT2D eigenvalue weighted by Crippen LogP contribution is -2.20. The number of rotatable bonds is 5. The van der Waals surface area contributed by atoms with Crippen molar-refractivity contribution >= 4 is 5.69 Å². The normalized spacial score (nSPS) is 22.1. The minimum atomic E-state index is 0.224. The number of benzene rings is 1. The van der Waals surface area contributed by atoms with Crippen LogP contribution in [0.25, 0.3) is 0 Å². The number of aryl methyl sites for hydroxylation is 1. The molecule has 0 radical (unpaired) electrons. The molecule has 0 spiro atoms. The molecule has 2 atom stereocenters. The summed E-state index contributed by atoms with van der Waals surface area (Å²) in [4.78, 5) is 0. The molecule has 2 rings (SSSR count). The Morgan fingerprint density at radius 1 is 1.29 bits per heavy atom. The minimum absolute atomic E-state index is 0.224.